The van der Waals surface area contributed by atoms with Crippen molar-refractivity contribution in [1.82, 2.24) is 0 Å². The van der Waals surface area contributed by atoms with Crippen LogP contribution in [0.5, 0.6) is 5.75 Å². The van der Waals surface area contributed by atoms with Crippen LogP contribution in [0.1, 0.15) is 95.5 Å². The Balaban J connectivity index is 1.33. The van der Waals surface area contributed by atoms with Gasteiger partial charge in [-0.3, -0.25) is 0 Å². The molecular weight excluding hydrogens is 347 g/mol. The number of rotatable bonds is 9. The molecule has 1 aromatic rings. The molecule has 0 radical (unpaired) electrons. The first-order valence-electron chi connectivity index (χ1n) is 11.8. The molecule has 0 amide bonds. The summed E-state index contributed by atoms with van der Waals surface area (Å²) in [4.78, 5) is 0. The molecule has 156 valence electrons. The fourth-order valence-corrected chi connectivity index (χ4v) is 5.31. The van der Waals surface area contributed by atoms with Crippen LogP contribution < -0.4 is 4.74 Å². The number of hydrogen-bond donors (Lipinski definition) is 0. The molecule has 0 heterocycles. The minimum atomic E-state index is 0.719. The molecule has 3 rings (SSSR count). The standard InChI is InChI=1S/C26H39FO/c1-2-20-28-26-17-15-25(16-18-26)24-13-11-23(12-14-24)10-9-22-7-5-21(6-8-22)4-3-19-27/h3,15-19,21-24H,2,4-14,20H2,1H3/b19-3+. The third-order valence-electron chi connectivity index (χ3n) is 7.18. The van der Waals surface area contributed by atoms with E-state index in [1.54, 1.807) is 6.08 Å². The largest absolute Gasteiger partial charge is 0.494 e. The predicted molar refractivity (Wildman–Crippen MR) is 116 cm³/mol. The molecule has 0 atom stereocenters. The van der Waals surface area contributed by atoms with Gasteiger partial charge in [-0.1, -0.05) is 50.8 Å². The van der Waals surface area contributed by atoms with Crippen molar-refractivity contribution in [3.05, 3.63) is 42.2 Å². The van der Waals surface area contributed by atoms with Gasteiger partial charge in [-0.05, 0) is 92.7 Å². The van der Waals surface area contributed by atoms with Crippen molar-refractivity contribution in [3.8, 4) is 5.75 Å². The summed E-state index contributed by atoms with van der Waals surface area (Å²) < 4.78 is 17.9. The zero-order chi connectivity index (χ0) is 19.6. The van der Waals surface area contributed by atoms with Crippen molar-refractivity contribution >= 4 is 0 Å². The first kappa shape index (κ1) is 21.4. The minimum Gasteiger partial charge on any atom is -0.494 e. The van der Waals surface area contributed by atoms with Gasteiger partial charge in [-0.15, -0.1) is 0 Å². The second kappa shape index (κ2) is 11.6. The smallest absolute Gasteiger partial charge is 0.119 e. The Morgan fingerprint density at radius 3 is 2.00 bits per heavy atom. The highest BCUT2D eigenvalue weighted by atomic mass is 19.1. The van der Waals surface area contributed by atoms with E-state index in [-0.39, 0.29) is 0 Å². The van der Waals surface area contributed by atoms with Crippen molar-refractivity contribution in [1.29, 1.82) is 0 Å². The molecule has 2 saturated carbocycles. The highest BCUT2D eigenvalue weighted by Crippen LogP contribution is 2.40. The van der Waals surface area contributed by atoms with E-state index in [1.165, 1.54) is 69.8 Å². The quantitative estimate of drug-likeness (QED) is 0.415. The van der Waals surface area contributed by atoms with Gasteiger partial charge in [0.05, 0.1) is 12.9 Å². The summed E-state index contributed by atoms with van der Waals surface area (Å²) in [5.74, 6) is 4.36. The number of benzene rings is 1. The Morgan fingerprint density at radius 1 is 0.857 bits per heavy atom. The Bertz CT molecular complexity index is 563. The second-order valence-corrected chi connectivity index (χ2v) is 9.20. The molecule has 0 spiro atoms. The zero-order valence-corrected chi connectivity index (χ0v) is 17.8. The topological polar surface area (TPSA) is 9.23 Å². The van der Waals surface area contributed by atoms with E-state index in [9.17, 15) is 4.39 Å². The van der Waals surface area contributed by atoms with E-state index in [1.807, 2.05) is 0 Å². The Morgan fingerprint density at radius 2 is 1.43 bits per heavy atom. The molecule has 0 N–H and O–H groups in total. The lowest BCUT2D eigenvalue weighted by atomic mass is 9.74. The monoisotopic (exact) mass is 386 g/mol. The lowest BCUT2D eigenvalue weighted by Gasteiger charge is -2.32. The van der Waals surface area contributed by atoms with Crippen LogP contribution in [0, 0.1) is 17.8 Å². The van der Waals surface area contributed by atoms with Crippen LogP contribution >= 0.6 is 0 Å². The Labute approximate surface area is 171 Å². The number of ether oxygens (including phenoxy) is 1. The molecule has 2 aliphatic rings. The first-order chi connectivity index (χ1) is 13.8. The van der Waals surface area contributed by atoms with E-state index >= 15 is 0 Å². The summed E-state index contributed by atoms with van der Waals surface area (Å²) >= 11 is 0. The molecule has 1 nitrogen and oxygen atoms in total. The average Bonchev–Trinajstić information content (AvgIpc) is 2.76. The predicted octanol–water partition coefficient (Wildman–Crippen LogP) is 8.21. The van der Waals surface area contributed by atoms with Gasteiger partial charge in [0, 0.05) is 0 Å². The average molecular weight is 387 g/mol. The van der Waals surface area contributed by atoms with Gasteiger partial charge in [-0.2, -0.15) is 0 Å². The van der Waals surface area contributed by atoms with Crippen LogP contribution in [0.4, 0.5) is 4.39 Å². The third kappa shape index (κ3) is 6.64. The third-order valence-corrected chi connectivity index (χ3v) is 7.18. The summed E-state index contributed by atoms with van der Waals surface area (Å²) in [6, 6.07) is 8.87. The summed E-state index contributed by atoms with van der Waals surface area (Å²) in [6.45, 7) is 2.95. The summed E-state index contributed by atoms with van der Waals surface area (Å²) in [5.41, 5.74) is 1.50. The van der Waals surface area contributed by atoms with E-state index in [2.05, 4.69) is 31.2 Å². The van der Waals surface area contributed by atoms with Crippen molar-refractivity contribution in [2.75, 3.05) is 6.61 Å². The fraction of sp³-hybridized carbons (Fsp3) is 0.692. The van der Waals surface area contributed by atoms with Gasteiger partial charge < -0.3 is 4.74 Å². The summed E-state index contributed by atoms with van der Waals surface area (Å²) in [7, 11) is 0. The molecule has 2 fully saturated rings. The molecule has 0 bridgehead atoms. The van der Waals surface area contributed by atoms with Gasteiger partial charge >= 0.3 is 0 Å². The van der Waals surface area contributed by atoms with Crippen LogP contribution in [0.2, 0.25) is 0 Å². The molecule has 0 aliphatic heterocycles. The van der Waals surface area contributed by atoms with E-state index in [0.29, 0.717) is 0 Å². The Hall–Kier alpha value is -1.31. The van der Waals surface area contributed by atoms with E-state index < -0.39 is 0 Å². The van der Waals surface area contributed by atoms with E-state index in [0.717, 1.165) is 55.2 Å². The fourth-order valence-electron chi connectivity index (χ4n) is 5.31. The molecule has 1 aromatic carbocycles. The van der Waals surface area contributed by atoms with Crippen LogP contribution in [-0.2, 0) is 0 Å². The van der Waals surface area contributed by atoms with Gasteiger partial charge in [0.25, 0.3) is 0 Å². The van der Waals surface area contributed by atoms with Gasteiger partial charge in [0.1, 0.15) is 5.75 Å². The maximum absolute atomic E-state index is 12.2. The molecule has 0 unspecified atom stereocenters. The van der Waals surface area contributed by atoms with Crippen LogP contribution in [0.15, 0.2) is 36.7 Å². The van der Waals surface area contributed by atoms with Crippen LogP contribution in [0.3, 0.4) is 0 Å². The number of halogens is 1. The van der Waals surface area contributed by atoms with Gasteiger partial charge in [0.15, 0.2) is 0 Å². The van der Waals surface area contributed by atoms with Gasteiger partial charge in [-0.25, -0.2) is 4.39 Å². The first-order valence-corrected chi connectivity index (χ1v) is 11.8. The normalized spacial score (nSPS) is 28.5. The number of hydrogen-bond acceptors (Lipinski definition) is 1. The number of allylic oxidation sites excluding steroid dienone is 1. The van der Waals surface area contributed by atoms with Crippen LogP contribution in [-0.4, -0.2) is 6.61 Å². The molecule has 28 heavy (non-hydrogen) atoms. The van der Waals surface area contributed by atoms with E-state index in [4.69, 9.17) is 4.74 Å². The van der Waals surface area contributed by atoms with Crippen LogP contribution in [0.25, 0.3) is 0 Å². The highest BCUT2D eigenvalue weighted by Gasteiger charge is 2.25. The lowest BCUT2D eigenvalue weighted by Crippen LogP contribution is -2.17. The summed E-state index contributed by atoms with van der Waals surface area (Å²) in [6.07, 6.45) is 18.1. The molecule has 2 aliphatic carbocycles. The summed E-state index contributed by atoms with van der Waals surface area (Å²) in [5, 5.41) is 0. The molecular formula is C26H39FO. The highest BCUT2D eigenvalue weighted by molar-refractivity contribution is 5.29. The van der Waals surface area contributed by atoms with Crippen molar-refractivity contribution < 1.29 is 9.13 Å². The molecule has 2 heteroatoms. The van der Waals surface area contributed by atoms with Gasteiger partial charge in [0.2, 0.25) is 0 Å². The van der Waals surface area contributed by atoms with Crippen molar-refractivity contribution in [2.24, 2.45) is 17.8 Å². The lowest BCUT2D eigenvalue weighted by molar-refractivity contribution is 0.231. The zero-order valence-electron chi connectivity index (χ0n) is 17.8. The van der Waals surface area contributed by atoms with Crippen molar-refractivity contribution in [3.63, 3.8) is 0 Å². The molecule has 0 saturated heterocycles. The second-order valence-electron chi connectivity index (χ2n) is 9.20. The maximum Gasteiger partial charge on any atom is 0.119 e. The molecule has 0 aromatic heterocycles. The maximum atomic E-state index is 12.2. The Kier molecular flexibility index (Phi) is 8.89. The SMILES string of the molecule is CCCOc1ccc(C2CCC(CCC3CCC(C/C=C/F)CC3)CC2)cc1. The minimum absolute atomic E-state index is 0.719. The van der Waals surface area contributed by atoms with Crippen molar-refractivity contribution in [2.45, 2.75) is 89.9 Å².